The van der Waals surface area contributed by atoms with Gasteiger partial charge in [-0.2, -0.15) is 0 Å². The van der Waals surface area contributed by atoms with Crippen molar-refractivity contribution in [1.82, 2.24) is 15.3 Å². The van der Waals surface area contributed by atoms with Crippen LogP contribution in [0.1, 0.15) is 24.2 Å². The lowest BCUT2D eigenvalue weighted by molar-refractivity contribution is 0.388. The summed E-state index contributed by atoms with van der Waals surface area (Å²) in [5, 5.41) is 3.78. The normalized spacial score (nSPS) is 12.0. The first-order chi connectivity index (χ1) is 10.2. The lowest BCUT2D eigenvalue weighted by atomic mass is 10.1. The molecule has 21 heavy (non-hydrogen) atoms. The topological polar surface area (TPSA) is 56.3 Å². The Morgan fingerprint density at radius 1 is 1.19 bits per heavy atom. The SMILES string of the molecule is COc1ccc(CNC(C)c2nccnc2Cl)c(OC)c1. The molecule has 0 fully saturated rings. The Hall–Kier alpha value is -1.85. The monoisotopic (exact) mass is 307 g/mol. The van der Waals surface area contributed by atoms with Crippen molar-refractivity contribution in [3.8, 4) is 11.5 Å². The summed E-state index contributed by atoms with van der Waals surface area (Å²) >= 11 is 6.04. The molecule has 1 aromatic carbocycles. The quantitative estimate of drug-likeness (QED) is 0.889. The fourth-order valence-corrected chi connectivity index (χ4v) is 2.25. The number of hydrogen-bond acceptors (Lipinski definition) is 5. The summed E-state index contributed by atoms with van der Waals surface area (Å²) in [4.78, 5) is 8.29. The van der Waals surface area contributed by atoms with Crippen molar-refractivity contribution in [3.63, 3.8) is 0 Å². The highest BCUT2D eigenvalue weighted by atomic mass is 35.5. The highest BCUT2D eigenvalue weighted by Crippen LogP contribution is 2.25. The second-order valence-electron chi connectivity index (χ2n) is 4.51. The van der Waals surface area contributed by atoms with Crippen molar-refractivity contribution >= 4 is 11.6 Å². The van der Waals surface area contributed by atoms with Crippen LogP contribution in [0.5, 0.6) is 11.5 Å². The van der Waals surface area contributed by atoms with Gasteiger partial charge in [0.05, 0.1) is 26.0 Å². The zero-order valence-electron chi connectivity index (χ0n) is 12.3. The molecule has 6 heteroatoms. The molecule has 5 nitrogen and oxygen atoms in total. The molecular weight excluding hydrogens is 290 g/mol. The first-order valence-electron chi connectivity index (χ1n) is 6.56. The number of benzene rings is 1. The van der Waals surface area contributed by atoms with E-state index in [9.17, 15) is 0 Å². The molecule has 112 valence electrons. The van der Waals surface area contributed by atoms with Gasteiger partial charge in [0.2, 0.25) is 0 Å². The van der Waals surface area contributed by atoms with Crippen molar-refractivity contribution in [3.05, 3.63) is 47.0 Å². The number of nitrogens with zero attached hydrogens (tertiary/aromatic N) is 2. The van der Waals surface area contributed by atoms with Crippen LogP contribution in [0.25, 0.3) is 0 Å². The summed E-state index contributed by atoms with van der Waals surface area (Å²) in [6, 6.07) is 5.71. The van der Waals surface area contributed by atoms with Gasteiger partial charge in [-0.1, -0.05) is 17.7 Å². The number of ether oxygens (including phenoxy) is 2. The molecule has 2 rings (SSSR count). The first-order valence-corrected chi connectivity index (χ1v) is 6.94. The van der Waals surface area contributed by atoms with Crippen LogP contribution in [0.3, 0.4) is 0 Å². The largest absolute Gasteiger partial charge is 0.497 e. The van der Waals surface area contributed by atoms with Gasteiger partial charge < -0.3 is 14.8 Å². The Bertz CT molecular complexity index is 607. The van der Waals surface area contributed by atoms with Gasteiger partial charge in [0.15, 0.2) is 5.15 Å². The Morgan fingerprint density at radius 3 is 2.62 bits per heavy atom. The van der Waals surface area contributed by atoms with Crippen LogP contribution in [0, 0.1) is 0 Å². The van der Waals surface area contributed by atoms with E-state index in [-0.39, 0.29) is 6.04 Å². The van der Waals surface area contributed by atoms with Gasteiger partial charge in [-0.15, -0.1) is 0 Å². The summed E-state index contributed by atoms with van der Waals surface area (Å²) in [6.07, 6.45) is 3.21. The zero-order valence-corrected chi connectivity index (χ0v) is 13.0. The Labute approximate surface area is 129 Å². The predicted molar refractivity (Wildman–Crippen MR) is 81.8 cm³/mol. The smallest absolute Gasteiger partial charge is 0.152 e. The van der Waals surface area contributed by atoms with Crippen LogP contribution >= 0.6 is 11.6 Å². The number of aromatic nitrogens is 2. The molecule has 0 aliphatic carbocycles. The molecule has 1 aromatic heterocycles. The lowest BCUT2D eigenvalue weighted by Crippen LogP contribution is -2.20. The Morgan fingerprint density at radius 2 is 1.95 bits per heavy atom. The third-order valence-electron chi connectivity index (χ3n) is 3.18. The number of halogens is 1. The second-order valence-corrected chi connectivity index (χ2v) is 4.87. The maximum Gasteiger partial charge on any atom is 0.152 e. The molecule has 2 aromatic rings. The van der Waals surface area contributed by atoms with Crippen LogP contribution in [0.15, 0.2) is 30.6 Å². The van der Waals surface area contributed by atoms with E-state index < -0.39 is 0 Å². The van der Waals surface area contributed by atoms with Gasteiger partial charge in [-0.3, -0.25) is 4.98 Å². The molecular formula is C15H18ClN3O2. The molecule has 1 heterocycles. The molecule has 0 saturated carbocycles. The van der Waals surface area contributed by atoms with Crippen LogP contribution in [0.4, 0.5) is 0 Å². The van der Waals surface area contributed by atoms with Crippen LogP contribution in [-0.4, -0.2) is 24.2 Å². The molecule has 1 atom stereocenters. The fraction of sp³-hybridized carbons (Fsp3) is 0.333. The van der Waals surface area contributed by atoms with Crippen LogP contribution in [0.2, 0.25) is 5.15 Å². The summed E-state index contributed by atoms with van der Waals surface area (Å²) in [5.41, 5.74) is 1.76. The molecule has 1 unspecified atom stereocenters. The molecule has 0 aliphatic rings. The van der Waals surface area contributed by atoms with Crippen molar-refractivity contribution < 1.29 is 9.47 Å². The highest BCUT2D eigenvalue weighted by molar-refractivity contribution is 6.30. The average Bonchev–Trinajstić information content (AvgIpc) is 2.52. The maximum absolute atomic E-state index is 6.04. The van der Waals surface area contributed by atoms with Gasteiger partial charge in [-0.25, -0.2) is 4.98 Å². The predicted octanol–water partition coefficient (Wildman–Crippen LogP) is 3.00. The summed E-state index contributed by atoms with van der Waals surface area (Å²) in [5.74, 6) is 1.54. The molecule has 0 saturated heterocycles. The molecule has 0 radical (unpaired) electrons. The minimum Gasteiger partial charge on any atom is -0.497 e. The van der Waals surface area contributed by atoms with Crippen molar-refractivity contribution in [2.45, 2.75) is 19.5 Å². The lowest BCUT2D eigenvalue weighted by Gasteiger charge is -2.16. The molecule has 1 N–H and O–H groups in total. The second kappa shape index (κ2) is 7.24. The minimum absolute atomic E-state index is 0.0157. The summed E-state index contributed by atoms with van der Waals surface area (Å²) < 4.78 is 10.6. The minimum atomic E-state index is -0.0157. The molecule has 0 spiro atoms. The standard InChI is InChI=1S/C15H18ClN3O2/c1-10(14-15(16)18-7-6-17-14)19-9-11-4-5-12(20-2)8-13(11)21-3/h4-8,10,19H,9H2,1-3H3. The van der Waals surface area contributed by atoms with Gasteiger partial charge in [0, 0.05) is 30.6 Å². The zero-order chi connectivity index (χ0) is 15.2. The van der Waals surface area contributed by atoms with E-state index in [1.165, 1.54) is 0 Å². The molecule has 0 aliphatic heterocycles. The van der Waals surface area contributed by atoms with Gasteiger partial charge in [0.25, 0.3) is 0 Å². The van der Waals surface area contributed by atoms with Gasteiger partial charge >= 0.3 is 0 Å². The van der Waals surface area contributed by atoms with Gasteiger partial charge in [-0.05, 0) is 13.0 Å². The van der Waals surface area contributed by atoms with Crippen LogP contribution < -0.4 is 14.8 Å². The van der Waals surface area contributed by atoms with Gasteiger partial charge in [0.1, 0.15) is 11.5 Å². The Kier molecular flexibility index (Phi) is 5.36. The number of rotatable bonds is 6. The molecule has 0 bridgehead atoms. The third-order valence-corrected chi connectivity index (χ3v) is 3.47. The van der Waals surface area contributed by atoms with E-state index in [0.29, 0.717) is 11.7 Å². The van der Waals surface area contributed by atoms with E-state index in [2.05, 4.69) is 15.3 Å². The summed E-state index contributed by atoms with van der Waals surface area (Å²) in [6.45, 7) is 2.62. The van der Waals surface area contributed by atoms with Crippen molar-refractivity contribution in [2.24, 2.45) is 0 Å². The van der Waals surface area contributed by atoms with E-state index in [1.54, 1.807) is 26.6 Å². The van der Waals surface area contributed by atoms with Crippen molar-refractivity contribution in [1.29, 1.82) is 0 Å². The van der Waals surface area contributed by atoms with E-state index in [4.69, 9.17) is 21.1 Å². The number of nitrogens with one attached hydrogen (secondary N) is 1. The third kappa shape index (κ3) is 3.83. The Balaban J connectivity index is 2.08. The first kappa shape index (κ1) is 15.5. The number of methoxy groups -OCH3 is 2. The maximum atomic E-state index is 6.04. The van der Waals surface area contributed by atoms with Crippen LogP contribution in [-0.2, 0) is 6.54 Å². The summed E-state index contributed by atoms with van der Waals surface area (Å²) in [7, 11) is 3.27. The highest BCUT2D eigenvalue weighted by Gasteiger charge is 2.12. The molecule has 0 amide bonds. The van der Waals surface area contributed by atoms with Crippen molar-refractivity contribution in [2.75, 3.05) is 14.2 Å². The van der Waals surface area contributed by atoms with E-state index in [1.807, 2.05) is 25.1 Å². The number of hydrogen-bond donors (Lipinski definition) is 1. The fourth-order valence-electron chi connectivity index (χ4n) is 1.98. The van der Waals surface area contributed by atoms with E-state index >= 15 is 0 Å². The average molecular weight is 308 g/mol. The van der Waals surface area contributed by atoms with E-state index in [0.717, 1.165) is 22.8 Å².